The lowest BCUT2D eigenvalue weighted by Gasteiger charge is -1.95. The normalized spacial score (nSPS) is 8.45. The Balaban J connectivity index is 0.000001000. The molecule has 3 nitrogen and oxygen atoms in total. The summed E-state index contributed by atoms with van der Waals surface area (Å²) in [6, 6.07) is 1.57. The van der Waals surface area contributed by atoms with Crippen LogP contribution in [-0.4, -0.2) is 12.6 Å². The Hall–Kier alpha value is -0.960. The SMILES string of the molecule is CCOC(=O)c1ccoc1.Cl. The zero-order valence-corrected chi connectivity index (χ0v) is 6.89. The minimum absolute atomic E-state index is 0. The number of esters is 1. The summed E-state index contributed by atoms with van der Waals surface area (Å²) in [5.74, 6) is -0.337. The summed E-state index contributed by atoms with van der Waals surface area (Å²) < 4.78 is 9.37. The van der Waals surface area contributed by atoms with Gasteiger partial charge in [0.15, 0.2) is 0 Å². The van der Waals surface area contributed by atoms with Gasteiger partial charge in [0, 0.05) is 0 Å². The molecule has 62 valence electrons. The second kappa shape index (κ2) is 4.79. The van der Waals surface area contributed by atoms with Gasteiger partial charge in [0.05, 0.1) is 18.4 Å². The lowest BCUT2D eigenvalue weighted by atomic mass is 10.3. The van der Waals surface area contributed by atoms with Crippen LogP contribution in [0.2, 0.25) is 0 Å². The van der Waals surface area contributed by atoms with Crippen LogP contribution in [0.3, 0.4) is 0 Å². The number of ether oxygens (including phenoxy) is 1. The molecule has 0 spiro atoms. The number of furan rings is 1. The molecule has 1 aromatic heterocycles. The van der Waals surface area contributed by atoms with Gasteiger partial charge in [-0.3, -0.25) is 0 Å². The van der Waals surface area contributed by atoms with Gasteiger partial charge in [-0.1, -0.05) is 0 Å². The predicted octanol–water partition coefficient (Wildman–Crippen LogP) is 1.88. The standard InChI is InChI=1S/C7H8O3.ClH/c1-2-10-7(8)6-3-4-9-5-6;/h3-5H,2H2,1H3;1H. The molecule has 0 unspecified atom stereocenters. The third-order valence-corrected chi connectivity index (χ3v) is 1.03. The molecule has 0 aliphatic rings. The summed E-state index contributed by atoms with van der Waals surface area (Å²) >= 11 is 0. The molecule has 1 heterocycles. The third-order valence-electron chi connectivity index (χ3n) is 1.03. The van der Waals surface area contributed by atoms with Crippen molar-refractivity contribution >= 4 is 18.4 Å². The number of hydrogen-bond donors (Lipinski definition) is 0. The third kappa shape index (κ3) is 2.63. The molecule has 0 N–H and O–H groups in total. The second-order valence-corrected chi connectivity index (χ2v) is 1.73. The van der Waals surface area contributed by atoms with E-state index in [-0.39, 0.29) is 18.4 Å². The van der Waals surface area contributed by atoms with Gasteiger partial charge in [-0.05, 0) is 13.0 Å². The Labute approximate surface area is 70.7 Å². The molecule has 11 heavy (non-hydrogen) atoms. The van der Waals surface area contributed by atoms with Crippen molar-refractivity contribution in [2.45, 2.75) is 6.92 Å². The fraction of sp³-hybridized carbons (Fsp3) is 0.286. The first-order valence-electron chi connectivity index (χ1n) is 3.04. The van der Waals surface area contributed by atoms with Gasteiger partial charge in [-0.15, -0.1) is 12.4 Å². The summed E-state index contributed by atoms with van der Waals surface area (Å²) in [5, 5.41) is 0. The van der Waals surface area contributed by atoms with Crippen LogP contribution in [0.5, 0.6) is 0 Å². The number of halogens is 1. The summed E-state index contributed by atoms with van der Waals surface area (Å²) in [6.07, 6.45) is 2.80. The second-order valence-electron chi connectivity index (χ2n) is 1.73. The lowest BCUT2D eigenvalue weighted by molar-refractivity contribution is 0.0525. The van der Waals surface area contributed by atoms with E-state index in [0.717, 1.165) is 0 Å². The van der Waals surface area contributed by atoms with Crippen LogP contribution in [0.1, 0.15) is 17.3 Å². The van der Waals surface area contributed by atoms with E-state index in [1.165, 1.54) is 12.5 Å². The molecule has 0 fully saturated rings. The van der Waals surface area contributed by atoms with Crippen LogP contribution >= 0.6 is 12.4 Å². The van der Waals surface area contributed by atoms with Gasteiger partial charge in [0.2, 0.25) is 0 Å². The zero-order valence-electron chi connectivity index (χ0n) is 6.07. The Morgan fingerprint density at radius 2 is 2.45 bits per heavy atom. The smallest absolute Gasteiger partial charge is 0.341 e. The monoisotopic (exact) mass is 176 g/mol. The van der Waals surface area contributed by atoms with Crippen molar-refractivity contribution in [1.29, 1.82) is 0 Å². The molecule has 0 amide bonds. The van der Waals surface area contributed by atoms with E-state index >= 15 is 0 Å². The first-order valence-corrected chi connectivity index (χ1v) is 3.04. The molecule has 1 aromatic rings. The Morgan fingerprint density at radius 3 is 2.91 bits per heavy atom. The molecular weight excluding hydrogens is 168 g/mol. The maximum Gasteiger partial charge on any atom is 0.341 e. The van der Waals surface area contributed by atoms with Crippen molar-refractivity contribution in [3.05, 3.63) is 24.2 Å². The van der Waals surface area contributed by atoms with E-state index in [2.05, 4.69) is 9.15 Å². The molecule has 4 heteroatoms. The average molecular weight is 177 g/mol. The largest absolute Gasteiger partial charge is 0.472 e. The minimum Gasteiger partial charge on any atom is -0.472 e. The molecule has 0 aromatic carbocycles. The van der Waals surface area contributed by atoms with Crippen LogP contribution in [0.15, 0.2) is 23.0 Å². The van der Waals surface area contributed by atoms with E-state index in [1.807, 2.05) is 0 Å². The Morgan fingerprint density at radius 1 is 1.73 bits per heavy atom. The van der Waals surface area contributed by atoms with E-state index < -0.39 is 0 Å². The molecule has 0 saturated carbocycles. The maximum atomic E-state index is 10.8. The summed E-state index contributed by atoms with van der Waals surface area (Å²) in [4.78, 5) is 10.8. The number of hydrogen-bond acceptors (Lipinski definition) is 3. The zero-order chi connectivity index (χ0) is 7.40. The molecule has 0 aliphatic heterocycles. The number of carbonyl (C=O) groups is 1. The van der Waals surface area contributed by atoms with Crippen molar-refractivity contribution in [3.63, 3.8) is 0 Å². The lowest BCUT2D eigenvalue weighted by Crippen LogP contribution is -2.02. The fourth-order valence-corrected chi connectivity index (χ4v) is 0.595. The van der Waals surface area contributed by atoms with Crippen molar-refractivity contribution < 1.29 is 13.9 Å². The van der Waals surface area contributed by atoms with Crippen molar-refractivity contribution in [3.8, 4) is 0 Å². The van der Waals surface area contributed by atoms with Gasteiger partial charge in [-0.2, -0.15) is 0 Å². The summed E-state index contributed by atoms with van der Waals surface area (Å²) in [6.45, 7) is 2.15. The fourth-order valence-electron chi connectivity index (χ4n) is 0.595. The van der Waals surface area contributed by atoms with Crippen molar-refractivity contribution in [2.24, 2.45) is 0 Å². The van der Waals surface area contributed by atoms with E-state index in [4.69, 9.17) is 0 Å². The highest BCUT2D eigenvalue weighted by atomic mass is 35.5. The molecule has 0 saturated heterocycles. The number of carbonyl (C=O) groups excluding carboxylic acids is 1. The maximum absolute atomic E-state index is 10.8. The van der Waals surface area contributed by atoms with Crippen molar-refractivity contribution in [2.75, 3.05) is 6.61 Å². The first kappa shape index (κ1) is 10.0. The Bertz CT molecular complexity index is 205. The first-order chi connectivity index (χ1) is 4.84. The summed E-state index contributed by atoms with van der Waals surface area (Å²) in [7, 11) is 0. The Kier molecular flexibility index (Phi) is 4.38. The quantitative estimate of drug-likeness (QED) is 0.646. The highest BCUT2D eigenvalue weighted by Crippen LogP contribution is 2.01. The highest BCUT2D eigenvalue weighted by molar-refractivity contribution is 5.88. The van der Waals surface area contributed by atoms with Crippen molar-refractivity contribution in [1.82, 2.24) is 0 Å². The van der Waals surface area contributed by atoms with Crippen LogP contribution in [0, 0.1) is 0 Å². The van der Waals surface area contributed by atoms with Gasteiger partial charge < -0.3 is 9.15 Å². The summed E-state index contributed by atoms with van der Waals surface area (Å²) in [5.41, 5.74) is 0.460. The molecule has 0 bridgehead atoms. The van der Waals surface area contributed by atoms with E-state index in [9.17, 15) is 4.79 Å². The molecule has 0 radical (unpaired) electrons. The van der Waals surface area contributed by atoms with E-state index in [0.29, 0.717) is 12.2 Å². The minimum atomic E-state index is -0.337. The van der Waals surface area contributed by atoms with Crippen LogP contribution < -0.4 is 0 Å². The average Bonchev–Trinajstić information content (AvgIpc) is 2.38. The van der Waals surface area contributed by atoms with Gasteiger partial charge >= 0.3 is 5.97 Å². The molecular formula is C7H9ClO3. The van der Waals surface area contributed by atoms with E-state index in [1.54, 1.807) is 13.0 Å². The van der Waals surface area contributed by atoms with Gasteiger partial charge in [0.1, 0.15) is 6.26 Å². The predicted molar refractivity (Wildman–Crippen MR) is 41.9 cm³/mol. The van der Waals surface area contributed by atoms with Gasteiger partial charge in [0.25, 0.3) is 0 Å². The molecule has 0 atom stereocenters. The number of rotatable bonds is 2. The highest BCUT2D eigenvalue weighted by Gasteiger charge is 2.05. The van der Waals surface area contributed by atoms with Crippen LogP contribution in [0.25, 0.3) is 0 Å². The topological polar surface area (TPSA) is 39.4 Å². The van der Waals surface area contributed by atoms with Crippen LogP contribution in [0.4, 0.5) is 0 Å². The molecule has 1 rings (SSSR count). The molecule has 0 aliphatic carbocycles. The van der Waals surface area contributed by atoms with Crippen LogP contribution in [-0.2, 0) is 4.74 Å². The van der Waals surface area contributed by atoms with Gasteiger partial charge in [-0.25, -0.2) is 4.79 Å².